The standard InChI is InChI=1S/C24H26N6/c1-15-10-19(11-16(2)28-15)23-17(3)21-5-4-18(12-22(21)29-23)20-13-26-24(27-14-20)30-8-6-25-7-9-30/h4-5,10-14,25,29H,6-9H2,1-3H3. The molecule has 152 valence electrons. The quantitative estimate of drug-likeness (QED) is 0.545. The Hall–Kier alpha value is -3.25. The number of H-pyrrole nitrogens is 1. The minimum atomic E-state index is 0.808. The van der Waals surface area contributed by atoms with E-state index in [1.165, 1.54) is 16.5 Å². The number of nitrogens with zero attached hydrogens (tertiary/aromatic N) is 4. The number of benzene rings is 1. The Morgan fingerprint density at radius 3 is 2.23 bits per heavy atom. The van der Waals surface area contributed by atoms with Gasteiger partial charge in [-0.1, -0.05) is 12.1 Å². The fourth-order valence-corrected chi connectivity index (χ4v) is 4.28. The zero-order valence-corrected chi connectivity index (χ0v) is 17.7. The van der Waals surface area contributed by atoms with Crippen molar-refractivity contribution in [2.24, 2.45) is 0 Å². The predicted octanol–water partition coefficient (Wildman–Crippen LogP) is 4.02. The Bertz CT molecular complexity index is 1180. The van der Waals surface area contributed by atoms with E-state index >= 15 is 0 Å². The minimum absolute atomic E-state index is 0.808. The molecule has 1 fully saturated rings. The van der Waals surface area contributed by atoms with Crippen LogP contribution in [0.1, 0.15) is 17.0 Å². The van der Waals surface area contributed by atoms with Crippen LogP contribution in [0.2, 0.25) is 0 Å². The Labute approximate surface area is 176 Å². The number of piperazine rings is 1. The summed E-state index contributed by atoms with van der Waals surface area (Å²) in [5.74, 6) is 0.808. The normalized spacial score (nSPS) is 14.4. The smallest absolute Gasteiger partial charge is 0.225 e. The van der Waals surface area contributed by atoms with Crippen molar-refractivity contribution >= 4 is 16.9 Å². The molecule has 0 aliphatic carbocycles. The van der Waals surface area contributed by atoms with Crippen molar-refractivity contribution in [2.75, 3.05) is 31.1 Å². The van der Waals surface area contributed by atoms with E-state index in [0.717, 1.165) is 65.9 Å². The summed E-state index contributed by atoms with van der Waals surface area (Å²) in [5, 5.41) is 4.59. The number of aryl methyl sites for hydroxylation is 3. The van der Waals surface area contributed by atoms with Gasteiger partial charge in [0.25, 0.3) is 0 Å². The lowest BCUT2D eigenvalue weighted by Gasteiger charge is -2.27. The molecule has 0 saturated carbocycles. The van der Waals surface area contributed by atoms with Crippen LogP contribution in [0.15, 0.2) is 42.7 Å². The Kier molecular flexibility index (Phi) is 4.71. The highest BCUT2D eigenvalue weighted by molar-refractivity contribution is 5.93. The van der Waals surface area contributed by atoms with Crippen molar-refractivity contribution in [3.8, 4) is 22.4 Å². The van der Waals surface area contributed by atoms with E-state index in [1.807, 2.05) is 26.2 Å². The number of fused-ring (bicyclic) bond motifs is 1. The zero-order valence-electron chi connectivity index (χ0n) is 17.7. The molecule has 1 aliphatic rings. The summed E-state index contributed by atoms with van der Waals surface area (Å²) in [4.78, 5) is 19.6. The Morgan fingerprint density at radius 2 is 1.53 bits per heavy atom. The summed E-state index contributed by atoms with van der Waals surface area (Å²) >= 11 is 0. The molecule has 4 aromatic rings. The first-order valence-electron chi connectivity index (χ1n) is 10.4. The van der Waals surface area contributed by atoms with Crippen molar-refractivity contribution in [3.63, 3.8) is 0 Å². The number of hydrogen-bond donors (Lipinski definition) is 2. The molecule has 0 radical (unpaired) electrons. The molecule has 0 spiro atoms. The number of aromatic amines is 1. The van der Waals surface area contributed by atoms with Gasteiger partial charge < -0.3 is 15.2 Å². The molecule has 1 saturated heterocycles. The highest BCUT2D eigenvalue weighted by Gasteiger charge is 2.14. The number of hydrogen-bond acceptors (Lipinski definition) is 5. The largest absolute Gasteiger partial charge is 0.354 e. The second-order valence-corrected chi connectivity index (χ2v) is 8.03. The third-order valence-electron chi connectivity index (χ3n) is 5.80. The number of pyridine rings is 1. The fourth-order valence-electron chi connectivity index (χ4n) is 4.28. The first-order valence-corrected chi connectivity index (χ1v) is 10.4. The average molecular weight is 399 g/mol. The maximum atomic E-state index is 4.62. The van der Waals surface area contributed by atoms with Crippen molar-refractivity contribution < 1.29 is 0 Å². The van der Waals surface area contributed by atoms with Gasteiger partial charge in [-0.2, -0.15) is 0 Å². The molecule has 0 bridgehead atoms. The van der Waals surface area contributed by atoms with E-state index < -0.39 is 0 Å². The van der Waals surface area contributed by atoms with Gasteiger partial charge >= 0.3 is 0 Å². The van der Waals surface area contributed by atoms with Crippen LogP contribution in [0.3, 0.4) is 0 Å². The molecular formula is C24H26N6. The van der Waals surface area contributed by atoms with Crippen LogP contribution in [-0.4, -0.2) is 46.1 Å². The monoisotopic (exact) mass is 398 g/mol. The third kappa shape index (κ3) is 3.44. The topological polar surface area (TPSA) is 69.7 Å². The highest BCUT2D eigenvalue weighted by atomic mass is 15.3. The molecule has 30 heavy (non-hydrogen) atoms. The molecule has 0 atom stereocenters. The van der Waals surface area contributed by atoms with Crippen LogP contribution < -0.4 is 10.2 Å². The minimum Gasteiger partial charge on any atom is -0.354 e. The molecule has 1 aliphatic heterocycles. The van der Waals surface area contributed by atoms with Gasteiger partial charge in [0.2, 0.25) is 5.95 Å². The van der Waals surface area contributed by atoms with E-state index in [1.54, 1.807) is 0 Å². The number of nitrogens with one attached hydrogen (secondary N) is 2. The summed E-state index contributed by atoms with van der Waals surface area (Å²) in [7, 11) is 0. The zero-order chi connectivity index (χ0) is 20.7. The van der Waals surface area contributed by atoms with Gasteiger partial charge in [0.05, 0.1) is 0 Å². The Balaban J connectivity index is 1.49. The molecular weight excluding hydrogens is 372 g/mol. The second kappa shape index (κ2) is 7.54. The van der Waals surface area contributed by atoms with Gasteiger partial charge in [-0.25, -0.2) is 9.97 Å². The van der Waals surface area contributed by atoms with Crippen molar-refractivity contribution in [1.29, 1.82) is 0 Å². The molecule has 0 amide bonds. The first-order chi connectivity index (χ1) is 14.6. The molecule has 6 heteroatoms. The van der Waals surface area contributed by atoms with Gasteiger partial charge in [0, 0.05) is 77.7 Å². The van der Waals surface area contributed by atoms with Crippen molar-refractivity contribution in [2.45, 2.75) is 20.8 Å². The van der Waals surface area contributed by atoms with Gasteiger partial charge in [0.1, 0.15) is 0 Å². The van der Waals surface area contributed by atoms with Gasteiger partial charge in [-0.3, -0.25) is 4.98 Å². The molecule has 3 aromatic heterocycles. The van der Waals surface area contributed by atoms with Crippen molar-refractivity contribution in [3.05, 3.63) is 59.7 Å². The summed E-state index contributed by atoms with van der Waals surface area (Å²) in [6.45, 7) is 10.1. The number of aromatic nitrogens is 4. The van der Waals surface area contributed by atoms with E-state index in [0.29, 0.717) is 0 Å². The van der Waals surface area contributed by atoms with Gasteiger partial charge in [-0.15, -0.1) is 0 Å². The molecule has 2 N–H and O–H groups in total. The highest BCUT2D eigenvalue weighted by Crippen LogP contribution is 2.32. The fraction of sp³-hybridized carbons (Fsp3) is 0.292. The lowest BCUT2D eigenvalue weighted by atomic mass is 10.0. The molecule has 4 heterocycles. The van der Waals surface area contributed by atoms with Crippen LogP contribution in [0.4, 0.5) is 5.95 Å². The predicted molar refractivity (Wildman–Crippen MR) is 122 cm³/mol. The number of anilines is 1. The first kappa shape index (κ1) is 18.8. The van der Waals surface area contributed by atoms with Gasteiger partial charge in [-0.05, 0) is 50.1 Å². The summed E-state index contributed by atoms with van der Waals surface area (Å²) in [6, 6.07) is 10.8. The van der Waals surface area contributed by atoms with Crippen molar-refractivity contribution in [1.82, 2.24) is 25.3 Å². The summed E-state index contributed by atoms with van der Waals surface area (Å²) in [5.41, 5.74) is 8.92. The molecule has 0 unspecified atom stereocenters. The molecule has 5 rings (SSSR count). The van der Waals surface area contributed by atoms with Crippen LogP contribution in [0, 0.1) is 20.8 Å². The van der Waals surface area contributed by atoms with Crippen LogP contribution in [0.5, 0.6) is 0 Å². The van der Waals surface area contributed by atoms with Crippen LogP contribution >= 0.6 is 0 Å². The van der Waals surface area contributed by atoms with E-state index in [-0.39, 0.29) is 0 Å². The lowest BCUT2D eigenvalue weighted by molar-refractivity contribution is 0.580. The maximum Gasteiger partial charge on any atom is 0.225 e. The summed E-state index contributed by atoms with van der Waals surface area (Å²) < 4.78 is 0. The average Bonchev–Trinajstić information content (AvgIpc) is 3.10. The second-order valence-electron chi connectivity index (χ2n) is 8.03. The SMILES string of the molecule is Cc1cc(-c2[nH]c3cc(-c4cnc(N5CCNCC5)nc4)ccc3c2C)cc(C)n1. The van der Waals surface area contributed by atoms with Crippen LogP contribution in [0.25, 0.3) is 33.3 Å². The van der Waals surface area contributed by atoms with Gasteiger partial charge in [0.15, 0.2) is 0 Å². The number of rotatable bonds is 3. The molecule has 1 aromatic carbocycles. The molecule has 6 nitrogen and oxygen atoms in total. The Morgan fingerprint density at radius 1 is 0.833 bits per heavy atom. The van der Waals surface area contributed by atoms with E-state index in [2.05, 4.69) is 67.4 Å². The maximum absolute atomic E-state index is 4.62. The van der Waals surface area contributed by atoms with E-state index in [4.69, 9.17) is 0 Å². The van der Waals surface area contributed by atoms with Crippen LogP contribution in [-0.2, 0) is 0 Å². The van der Waals surface area contributed by atoms with E-state index in [9.17, 15) is 0 Å². The third-order valence-corrected chi connectivity index (χ3v) is 5.80. The summed E-state index contributed by atoms with van der Waals surface area (Å²) in [6.07, 6.45) is 3.86. The lowest BCUT2D eigenvalue weighted by Crippen LogP contribution is -2.44.